The molecule has 1 aromatic carbocycles. The van der Waals surface area contributed by atoms with Gasteiger partial charge in [-0.25, -0.2) is 0 Å². The molecule has 1 fully saturated rings. The molecule has 1 saturated heterocycles. The van der Waals surface area contributed by atoms with Gasteiger partial charge in [0.15, 0.2) is 0 Å². The molecule has 116 valence electrons. The van der Waals surface area contributed by atoms with Gasteiger partial charge in [-0.15, -0.1) is 0 Å². The number of carbonyl (C=O) groups is 1. The molecule has 0 bridgehead atoms. The highest BCUT2D eigenvalue weighted by atomic mass is 35.5. The molecule has 2 unspecified atom stereocenters. The molecule has 6 heteroatoms. The third kappa shape index (κ3) is 4.33. The Morgan fingerprint density at radius 3 is 2.67 bits per heavy atom. The summed E-state index contributed by atoms with van der Waals surface area (Å²) in [6, 6.07) is 5.64. The van der Waals surface area contributed by atoms with Crippen LogP contribution in [0.5, 0.6) is 0 Å². The molecule has 1 amide bonds. The maximum absolute atomic E-state index is 12.1. The van der Waals surface area contributed by atoms with Gasteiger partial charge in [0, 0.05) is 25.6 Å². The van der Waals surface area contributed by atoms with Gasteiger partial charge in [0.25, 0.3) is 0 Å². The van der Waals surface area contributed by atoms with E-state index < -0.39 is 0 Å². The second-order valence-electron chi connectivity index (χ2n) is 5.58. The lowest BCUT2D eigenvalue weighted by Crippen LogP contribution is -2.31. The molecule has 2 rings (SSSR count). The number of anilines is 1. The lowest BCUT2D eigenvalue weighted by Gasteiger charge is -2.20. The van der Waals surface area contributed by atoms with Crippen LogP contribution in [0.25, 0.3) is 0 Å². The Kier molecular flexibility index (Phi) is 5.88. The van der Waals surface area contributed by atoms with Crippen molar-refractivity contribution in [1.29, 1.82) is 0 Å². The standard InChI is InChI=1S/C15H21Cl2N3O/c1-10-7-11(8-18)9-20(10)6-5-14(21)19-15-12(16)3-2-4-13(15)17/h2-4,10-11H,5-9,18H2,1H3,(H,19,21). The van der Waals surface area contributed by atoms with E-state index in [4.69, 9.17) is 28.9 Å². The van der Waals surface area contributed by atoms with E-state index in [1.54, 1.807) is 18.2 Å². The minimum Gasteiger partial charge on any atom is -0.330 e. The number of para-hydroxylation sites is 1. The summed E-state index contributed by atoms with van der Waals surface area (Å²) in [6.45, 7) is 4.59. The van der Waals surface area contributed by atoms with Crippen LogP contribution in [-0.2, 0) is 4.79 Å². The second-order valence-corrected chi connectivity index (χ2v) is 6.39. The van der Waals surface area contributed by atoms with Crippen molar-refractivity contribution in [3.05, 3.63) is 28.2 Å². The van der Waals surface area contributed by atoms with E-state index in [-0.39, 0.29) is 5.91 Å². The van der Waals surface area contributed by atoms with Crippen LogP contribution in [0, 0.1) is 5.92 Å². The fourth-order valence-electron chi connectivity index (χ4n) is 2.76. The molecule has 2 atom stereocenters. The third-order valence-corrected chi connectivity index (χ3v) is 4.61. The Morgan fingerprint density at radius 1 is 1.43 bits per heavy atom. The first-order valence-corrected chi connectivity index (χ1v) is 7.94. The fraction of sp³-hybridized carbons (Fsp3) is 0.533. The Bertz CT molecular complexity index is 489. The van der Waals surface area contributed by atoms with Crippen LogP contribution in [-0.4, -0.2) is 36.5 Å². The van der Waals surface area contributed by atoms with Crippen LogP contribution in [0.15, 0.2) is 18.2 Å². The second kappa shape index (κ2) is 7.45. The zero-order valence-electron chi connectivity index (χ0n) is 12.1. The molecule has 1 heterocycles. The van der Waals surface area contributed by atoms with E-state index in [2.05, 4.69) is 17.1 Å². The van der Waals surface area contributed by atoms with Gasteiger partial charge in [-0.05, 0) is 37.9 Å². The molecule has 1 aliphatic heterocycles. The van der Waals surface area contributed by atoms with Gasteiger partial charge in [0.2, 0.25) is 5.91 Å². The SMILES string of the molecule is CC1CC(CN)CN1CCC(=O)Nc1c(Cl)cccc1Cl. The largest absolute Gasteiger partial charge is 0.330 e. The Morgan fingerprint density at radius 2 is 2.10 bits per heavy atom. The quantitative estimate of drug-likeness (QED) is 0.873. The molecule has 0 saturated carbocycles. The summed E-state index contributed by atoms with van der Waals surface area (Å²) in [5.74, 6) is 0.467. The lowest BCUT2D eigenvalue weighted by molar-refractivity contribution is -0.116. The van der Waals surface area contributed by atoms with Gasteiger partial charge in [-0.3, -0.25) is 9.69 Å². The van der Waals surface area contributed by atoms with Gasteiger partial charge < -0.3 is 11.1 Å². The zero-order chi connectivity index (χ0) is 15.4. The first-order valence-electron chi connectivity index (χ1n) is 7.19. The number of likely N-dealkylation sites (tertiary alicyclic amines) is 1. The van der Waals surface area contributed by atoms with Gasteiger partial charge in [0.05, 0.1) is 15.7 Å². The normalized spacial score (nSPS) is 22.5. The zero-order valence-corrected chi connectivity index (χ0v) is 13.6. The average molecular weight is 330 g/mol. The molecule has 0 radical (unpaired) electrons. The molecule has 0 aromatic heterocycles. The summed E-state index contributed by atoms with van der Waals surface area (Å²) in [7, 11) is 0. The Hall–Kier alpha value is -0.810. The van der Waals surface area contributed by atoms with Crippen molar-refractivity contribution in [2.75, 3.05) is 25.0 Å². The molecule has 3 N–H and O–H groups in total. The minimum absolute atomic E-state index is 0.0756. The van der Waals surface area contributed by atoms with Gasteiger partial charge in [0.1, 0.15) is 0 Å². The smallest absolute Gasteiger partial charge is 0.225 e. The lowest BCUT2D eigenvalue weighted by atomic mass is 10.1. The third-order valence-electron chi connectivity index (χ3n) is 3.98. The van der Waals surface area contributed by atoms with Crippen molar-refractivity contribution in [3.63, 3.8) is 0 Å². The van der Waals surface area contributed by atoms with Crippen molar-refractivity contribution in [2.45, 2.75) is 25.8 Å². The van der Waals surface area contributed by atoms with Gasteiger partial charge in [-0.1, -0.05) is 29.3 Å². The number of carbonyl (C=O) groups excluding carboxylic acids is 1. The maximum Gasteiger partial charge on any atom is 0.225 e. The van der Waals surface area contributed by atoms with Crippen molar-refractivity contribution in [1.82, 2.24) is 4.90 Å². The predicted molar refractivity (Wildman–Crippen MR) is 87.9 cm³/mol. The number of amides is 1. The summed E-state index contributed by atoms with van der Waals surface area (Å²) in [4.78, 5) is 14.4. The van der Waals surface area contributed by atoms with Crippen LogP contribution in [0.2, 0.25) is 10.0 Å². The number of hydrogen-bond donors (Lipinski definition) is 2. The summed E-state index contributed by atoms with van der Waals surface area (Å²) in [5, 5.41) is 3.69. The molecule has 0 aliphatic carbocycles. The van der Waals surface area contributed by atoms with E-state index in [0.29, 0.717) is 40.7 Å². The number of halogens is 2. The monoisotopic (exact) mass is 329 g/mol. The van der Waals surface area contributed by atoms with E-state index in [1.807, 2.05) is 0 Å². The fourth-order valence-corrected chi connectivity index (χ4v) is 3.26. The number of nitrogens with two attached hydrogens (primary N) is 1. The summed E-state index contributed by atoms with van der Waals surface area (Å²) in [5.41, 5.74) is 6.20. The molecule has 21 heavy (non-hydrogen) atoms. The van der Waals surface area contributed by atoms with E-state index in [1.165, 1.54) is 0 Å². The number of nitrogens with one attached hydrogen (secondary N) is 1. The van der Waals surface area contributed by atoms with Crippen molar-refractivity contribution in [3.8, 4) is 0 Å². The van der Waals surface area contributed by atoms with Gasteiger partial charge in [-0.2, -0.15) is 0 Å². The minimum atomic E-state index is -0.0756. The first-order chi connectivity index (χ1) is 10.0. The highest BCUT2D eigenvalue weighted by Crippen LogP contribution is 2.30. The van der Waals surface area contributed by atoms with Crippen LogP contribution in [0.4, 0.5) is 5.69 Å². The van der Waals surface area contributed by atoms with Crippen LogP contribution < -0.4 is 11.1 Å². The van der Waals surface area contributed by atoms with Crippen LogP contribution >= 0.6 is 23.2 Å². The van der Waals surface area contributed by atoms with Crippen molar-refractivity contribution in [2.24, 2.45) is 11.7 Å². The highest BCUT2D eigenvalue weighted by Gasteiger charge is 2.28. The van der Waals surface area contributed by atoms with Crippen LogP contribution in [0.3, 0.4) is 0 Å². The Balaban J connectivity index is 1.86. The van der Waals surface area contributed by atoms with E-state index in [9.17, 15) is 4.79 Å². The van der Waals surface area contributed by atoms with Crippen molar-refractivity contribution < 1.29 is 4.79 Å². The van der Waals surface area contributed by atoms with E-state index in [0.717, 1.165) is 19.5 Å². The molecular weight excluding hydrogens is 309 g/mol. The van der Waals surface area contributed by atoms with Crippen LogP contribution in [0.1, 0.15) is 19.8 Å². The number of rotatable bonds is 5. The molecule has 0 spiro atoms. The van der Waals surface area contributed by atoms with E-state index >= 15 is 0 Å². The molecular formula is C15H21Cl2N3O. The first kappa shape index (κ1) is 16.6. The van der Waals surface area contributed by atoms with Gasteiger partial charge >= 0.3 is 0 Å². The summed E-state index contributed by atoms with van der Waals surface area (Å²) < 4.78 is 0. The summed E-state index contributed by atoms with van der Waals surface area (Å²) >= 11 is 12.1. The summed E-state index contributed by atoms with van der Waals surface area (Å²) in [6.07, 6.45) is 1.53. The topological polar surface area (TPSA) is 58.4 Å². The Labute approximate surface area is 135 Å². The number of benzene rings is 1. The number of nitrogens with zero attached hydrogens (tertiary/aromatic N) is 1. The predicted octanol–water partition coefficient (Wildman–Crippen LogP) is 2.99. The maximum atomic E-state index is 12.1. The molecule has 4 nitrogen and oxygen atoms in total. The average Bonchev–Trinajstić information content (AvgIpc) is 2.81. The molecule has 1 aromatic rings. The highest BCUT2D eigenvalue weighted by molar-refractivity contribution is 6.39. The number of hydrogen-bond acceptors (Lipinski definition) is 3. The van der Waals surface area contributed by atoms with Crippen molar-refractivity contribution >= 4 is 34.8 Å². The molecule has 1 aliphatic rings.